The van der Waals surface area contributed by atoms with Crippen molar-refractivity contribution in [1.82, 2.24) is 0 Å². The zero-order valence-electron chi connectivity index (χ0n) is 16.4. The van der Waals surface area contributed by atoms with Gasteiger partial charge in [0.1, 0.15) is 18.2 Å². The first kappa shape index (κ1) is 19.5. The van der Waals surface area contributed by atoms with Crippen LogP contribution in [0, 0.1) is 30.5 Å². The molecule has 0 spiro atoms. The molecular weight excluding hydrogens is 349 g/mol. The fourth-order valence-electron chi connectivity index (χ4n) is 2.71. The number of anilines is 2. The van der Waals surface area contributed by atoms with Crippen LogP contribution in [0.4, 0.5) is 15.8 Å². The predicted molar refractivity (Wildman–Crippen MR) is 113 cm³/mol. The fourth-order valence-corrected chi connectivity index (χ4v) is 2.71. The number of aryl methyl sites for hydroxylation is 1. The first-order valence-electron chi connectivity index (χ1n) is 9.37. The van der Waals surface area contributed by atoms with Gasteiger partial charge in [-0.2, -0.15) is 0 Å². The molecule has 0 amide bonds. The fraction of sp³-hybridized carbons (Fsp3) is 0.200. The second kappa shape index (κ2) is 9.10. The molecule has 0 aromatic heterocycles. The van der Waals surface area contributed by atoms with E-state index in [2.05, 4.69) is 31.0 Å². The molecule has 0 unspecified atom stereocenters. The van der Waals surface area contributed by atoms with Gasteiger partial charge in [0.2, 0.25) is 0 Å². The number of ether oxygens (including phenoxy) is 1. The molecule has 3 heteroatoms. The maximum absolute atomic E-state index is 13.6. The Balaban J connectivity index is 1.92. The van der Waals surface area contributed by atoms with Gasteiger partial charge < -0.3 is 10.1 Å². The molecule has 142 valence electrons. The smallest absolute Gasteiger partial charge is 0.137 e. The summed E-state index contributed by atoms with van der Waals surface area (Å²) >= 11 is 0. The van der Waals surface area contributed by atoms with Gasteiger partial charge in [-0.1, -0.05) is 62.1 Å². The molecule has 1 N–H and O–H groups in total. The molecule has 2 nitrogen and oxygen atoms in total. The van der Waals surface area contributed by atoms with Gasteiger partial charge in [0.05, 0.1) is 11.3 Å². The summed E-state index contributed by atoms with van der Waals surface area (Å²) in [5.74, 6) is 7.21. The van der Waals surface area contributed by atoms with Gasteiger partial charge >= 0.3 is 0 Å². The minimum Gasteiger partial charge on any atom is -0.488 e. The highest BCUT2D eigenvalue weighted by atomic mass is 19.1. The number of hydrogen-bond acceptors (Lipinski definition) is 2. The average molecular weight is 373 g/mol. The van der Waals surface area contributed by atoms with Gasteiger partial charge in [-0.25, -0.2) is 4.39 Å². The first-order chi connectivity index (χ1) is 13.5. The number of nitrogens with one attached hydrogen (secondary N) is 1. The van der Waals surface area contributed by atoms with Crippen molar-refractivity contribution in [3.05, 3.63) is 89.2 Å². The van der Waals surface area contributed by atoms with Crippen LogP contribution in [0.5, 0.6) is 5.75 Å². The molecule has 0 saturated heterocycles. The third-order valence-electron chi connectivity index (χ3n) is 4.19. The molecule has 0 heterocycles. The Morgan fingerprint density at radius 2 is 1.79 bits per heavy atom. The SMILES string of the molecule is Cc1cc(Nc2cccc(OCc3ccccc3)c2C#CC(C)C)ccc1F. The number of hydrogen-bond donors (Lipinski definition) is 1. The lowest BCUT2D eigenvalue weighted by atomic mass is 10.1. The van der Waals surface area contributed by atoms with E-state index >= 15 is 0 Å². The Labute approximate surface area is 166 Å². The Kier molecular flexibility index (Phi) is 6.34. The molecule has 0 bridgehead atoms. The van der Waals surface area contributed by atoms with Crippen LogP contribution >= 0.6 is 0 Å². The zero-order valence-corrected chi connectivity index (χ0v) is 16.4. The van der Waals surface area contributed by atoms with E-state index in [-0.39, 0.29) is 11.7 Å². The van der Waals surface area contributed by atoms with Crippen molar-refractivity contribution < 1.29 is 9.13 Å². The van der Waals surface area contributed by atoms with Crippen molar-refractivity contribution >= 4 is 11.4 Å². The molecule has 0 fully saturated rings. The Hall–Kier alpha value is -3.25. The van der Waals surface area contributed by atoms with Crippen LogP contribution in [0.25, 0.3) is 0 Å². The monoisotopic (exact) mass is 373 g/mol. The summed E-state index contributed by atoms with van der Waals surface area (Å²) in [5, 5.41) is 3.35. The Bertz CT molecular complexity index is 1000. The van der Waals surface area contributed by atoms with Gasteiger partial charge in [0.25, 0.3) is 0 Å². The van der Waals surface area contributed by atoms with Gasteiger partial charge in [-0.05, 0) is 48.4 Å². The number of rotatable bonds is 5. The highest BCUT2D eigenvalue weighted by Crippen LogP contribution is 2.29. The molecule has 28 heavy (non-hydrogen) atoms. The van der Waals surface area contributed by atoms with Crippen molar-refractivity contribution in [3.63, 3.8) is 0 Å². The van der Waals surface area contributed by atoms with E-state index in [1.165, 1.54) is 6.07 Å². The molecule has 0 aliphatic heterocycles. The summed E-state index contributed by atoms with van der Waals surface area (Å²) in [7, 11) is 0. The molecule has 3 aromatic rings. The maximum atomic E-state index is 13.6. The van der Waals surface area contributed by atoms with Crippen LogP contribution in [0.2, 0.25) is 0 Å². The third-order valence-corrected chi connectivity index (χ3v) is 4.19. The Morgan fingerprint density at radius 3 is 2.50 bits per heavy atom. The molecular formula is C25H24FNO. The Morgan fingerprint density at radius 1 is 1.00 bits per heavy atom. The van der Waals surface area contributed by atoms with Crippen LogP contribution in [0.1, 0.15) is 30.5 Å². The molecule has 0 aliphatic rings. The minimum absolute atomic E-state index is 0.217. The summed E-state index contributed by atoms with van der Waals surface area (Å²) in [5.41, 5.74) is 4.14. The quantitative estimate of drug-likeness (QED) is 0.518. The van der Waals surface area contributed by atoms with Crippen LogP contribution in [-0.4, -0.2) is 0 Å². The lowest BCUT2D eigenvalue weighted by Crippen LogP contribution is -2.01. The van der Waals surface area contributed by atoms with Gasteiger partial charge in [-0.3, -0.25) is 0 Å². The van der Waals surface area contributed by atoms with E-state index in [0.29, 0.717) is 12.2 Å². The van der Waals surface area contributed by atoms with E-state index in [1.54, 1.807) is 19.1 Å². The summed E-state index contributed by atoms with van der Waals surface area (Å²) in [6.07, 6.45) is 0. The summed E-state index contributed by atoms with van der Waals surface area (Å²) in [4.78, 5) is 0. The molecule has 0 aliphatic carbocycles. The van der Waals surface area contributed by atoms with Gasteiger partial charge in [0.15, 0.2) is 0 Å². The van der Waals surface area contributed by atoms with Crippen molar-refractivity contribution in [2.24, 2.45) is 5.92 Å². The lowest BCUT2D eigenvalue weighted by Gasteiger charge is -2.14. The van der Waals surface area contributed by atoms with Crippen molar-refractivity contribution in [2.45, 2.75) is 27.4 Å². The predicted octanol–water partition coefficient (Wildman–Crippen LogP) is 6.46. The zero-order chi connectivity index (χ0) is 19.9. The maximum Gasteiger partial charge on any atom is 0.137 e. The van der Waals surface area contributed by atoms with Crippen LogP contribution in [0.15, 0.2) is 66.7 Å². The van der Waals surface area contributed by atoms with E-state index in [9.17, 15) is 4.39 Å². The van der Waals surface area contributed by atoms with Crippen molar-refractivity contribution in [2.75, 3.05) is 5.32 Å². The first-order valence-corrected chi connectivity index (χ1v) is 9.37. The van der Waals surface area contributed by atoms with E-state index in [0.717, 1.165) is 28.3 Å². The average Bonchev–Trinajstić information content (AvgIpc) is 2.69. The number of halogens is 1. The number of benzene rings is 3. The highest BCUT2D eigenvalue weighted by molar-refractivity contribution is 5.71. The van der Waals surface area contributed by atoms with Crippen LogP contribution in [-0.2, 0) is 6.61 Å². The minimum atomic E-state index is -0.217. The van der Waals surface area contributed by atoms with Crippen LogP contribution < -0.4 is 10.1 Å². The molecule has 0 radical (unpaired) electrons. The molecule has 0 atom stereocenters. The molecule has 0 saturated carbocycles. The second-order valence-corrected chi connectivity index (χ2v) is 6.97. The summed E-state index contributed by atoms with van der Waals surface area (Å²) in [6, 6.07) is 20.8. The third kappa shape index (κ3) is 5.14. The summed E-state index contributed by atoms with van der Waals surface area (Å²) < 4.78 is 19.7. The van der Waals surface area contributed by atoms with E-state index in [4.69, 9.17) is 4.74 Å². The lowest BCUT2D eigenvalue weighted by molar-refractivity contribution is 0.305. The van der Waals surface area contributed by atoms with Crippen molar-refractivity contribution in [3.8, 4) is 17.6 Å². The standard InChI is InChI=1S/C25H24FNO/c1-18(2)12-14-22-24(27-21-13-15-23(26)19(3)16-21)10-7-11-25(22)28-17-20-8-5-4-6-9-20/h4-11,13,15-16,18,27H,17H2,1-3H3. The van der Waals surface area contributed by atoms with Crippen LogP contribution in [0.3, 0.4) is 0 Å². The molecule has 3 rings (SSSR count). The summed E-state index contributed by atoms with van der Waals surface area (Å²) in [6.45, 7) is 6.32. The normalized spacial score (nSPS) is 10.3. The molecule has 3 aromatic carbocycles. The van der Waals surface area contributed by atoms with E-state index < -0.39 is 0 Å². The van der Waals surface area contributed by atoms with Gasteiger partial charge in [0, 0.05) is 11.6 Å². The second-order valence-electron chi connectivity index (χ2n) is 6.97. The van der Waals surface area contributed by atoms with Crippen molar-refractivity contribution in [1.29, 1.82) is 0 Å². The highest BCUT2D eigenvalue weighted by Gasteiger charge is 2.10. The van der Waals surface area contributed by atoms with E-state index in [1.807, 2.05) is 48.5 Å². The largest absolute Gasteiger partial charge is 0.488 e. The topological polar surface area (TPSA) is 21.3 Å². The van der Waals surface area contributed by atoms with Gasteiger partial charge in [-0.15, -0.1) is 0 Å².